The first kappa shape index (κ1) is 7.70. The molecule has 0 bridgehead atoms. The highest BCUT2D eigenvalue weighted by molar-refractivity contribution is 6.42. The van der Waals surface area contributed by atoms with E-state index in [0.717, 1.165) is 0 Å². The van der Waals surface area contributed by atoms with Crippen molar-refractivity contribution >= 4 is 23.2 Å². The third-order valence-corrected chi connectivity index (χ3v) is 2.01. The minimum atomic E-state index is 0.0643. The predicted octanol–water partition coefficient (Wildman–Crippen LogP) is 2.88. The highest BCUT2D eigenvalue weighted by Gasteiger charge is 2.03. The van der Waals surface area contributed by atoms with Crippen LogP contribution in [0.4, 0.5) is 0 Å². The molecule has 0 amide bonds. The van der Waals surface area contributed by atoms with Gasteiger partial charge in [-0.3, -0.25) is 0 Å². The Morgan fingerprint density at radius 3 is 2.40 bits per heavy atom. The fourth-order valence-corrected chi connectivity index (χ4v) is 0.919. The van der Waals surface area contributed by atoms with E-state index in [4.69, 9.17) is 28.3 Å². The lowest BCUT2D eigenvalue weighted by molar-refractivity contribution is 0.473. The molecule has 0 aromatic heterocycles. The molecule has 0 aliphatic heterocycles. The first-order valence-electron chi connectivity index (χ1n) is 2.62. The van der Waals surface area contributed by atoms with Gasteiger partial charge in [-0.05, 0) is 19.1 Å². The summed E-state index contributed by atoms with van der Waals surface area (Å²) in [5.41, 5.74) is 0.370. The van der Waals surface area contributed by atoms with Gasteiger partial charge in [0.25, 0.3) is 0 Å². The van der Waals surface area contributed by atoms with E-state index in [2.05, 4.69) is 6.92 Å². The van der Waals surface area contributed by atoms with Gasteiger partial charge in [-0.25, -0.2) is 0 Å². The second-order valence-electron chi connectivity index (χ2n) is 1.86. The zero-order chi connectivity index (χ0) is 7.72. The van der Waals surface area contributed by atoms with Gasteiger partial charge < -0.3 is 5.11 Å². The monoisotopic (exact) mass is 175 g/mol. The standard InChI is InChI=1S/C7H5Cl2O/c1-4-6(10)3-2-5(8)7(4)9/h2-3,10H,1H2. The maximum atomic E-state index is 9.02. The van der Waals surface area contributed by atoms with Crippen LogP contribution in [0.5, 0.6) is 5.75 Å². The molecule has 1 rings (SSSR count). The molecule has 1 N–H and O–H groups in total. The average Bonchev–Trinajstić information content (AvgIpc) is 1.93. The van der Waals surface area contributed by atoms with Gasteiger partial charge in [0.1, 0.15) is 5.75 Å². The number of rotatable bonds is 0. The molecule has 0 unspecified atom stereocenters. The lowest BCUT2D eigenvalue weighted by Crippen LogP contribution is -1.76. The van der Waals surface area contributed by atoms with E-state index in [0.29, 0.717) is 15.6 Å². The Morgan fingerprint density at radius 2 is 1.90 bits per heavy atom. The van der Waals surface area contributed by atoms with E-state index in [1.54, 1.807) is 0 Å². The molecule has 53 valence electrons. The smallest absolute Gasteiger partial charge is 0.120 e. The van der Waals surface area contributed by atoms with Crippen molar-refractivity contribution in [3.63, 3.8) is 0 Å². The van der Waals surface area contributed by atoms with Gasteiger partial charge in [0, 0.05) is 5.56 Å². The van der Waals surface area contributed by atoms with Crippen LogP contribution in [0.25, 0.3) is 0 Å². The van der Waals surface area contributed by atoms with Crippen molar-refractivity contribution in [1.29, 1.82) is 0 Å². The normalized spacial score (nSPS) is 9.90. The number of phenolic OH excluding ortho intramolecular Hbond substituents is 1. The molecule has 1 nitrogen and oxygen atoms in total. The number of hydrogen-bond donors (Lipinski definition) is 1. The molecule has 1 aromatic carbocycles. The van der Waals surface area contributed by atoms with E-state index >= 15 is 0 Å². The second kappa shape index (κ2) is 2.69. The van der Waals surface area contributed by atoms with Gasteiger partial charge in [0.15, 0.2) is 0 Å². The largest absolute Gasteiger partial charge is 0.508 e. The minimum Gasteiger partial charge on any atom is -0.508 e. The molecule has 1 radical (unpaired) electrons. The van der Waals surface area contributed by atoms with Gasteiger partial charge in [0.2, 0.25) is 0 Å². The molecule has 10 heavy (non-hydrogen) atoms. The maximum Gasteiger partial charge on any atom is 0.120 e. The molecular weight excluding hydrogens is 171 g/mol. The Bertz CT molecular complexity index is 231. The molecule has 0 spiro atoms. The average molecular weight is 176 g/mol. The van der Waals surface area contributed by atoms with Crippen molar-refractivity contribution in [2.24, 2.45) is 0 Å². The van der Waals surface area contributed by atoms with E-state index in [1.165, 1.54) is 12.1 Å². The Labute approximate surface area is 69.2 Å². The third kappa shape index (κ3) is 1.20. The summed E-state index contributed by atoms with van der Waals surface area (Å²) in [5, 5.41) is 9.73. The molecule has 0 saturated carbocycles. The maximum absolute atomic E-state index is 9.02. The number of aromatic hydroxyl groups is 1. The summed E-state index contributed by atoms with van der Waals surface area (Å²) in [6, 6.07) is 2.98. The van der Waals surface area contributed by atoms with Crippen molar-refractivity contribution in [1.82, 2.24) is 0 Å². The molecule has 0 fully saturated rings. The molecule has 0 heterocycles. The van der Waals surface area contributed by atoms with Crippen LogP contribution in [-0.2, 0) is 0 Å². The number of hydrogen-bond acceptors (Lipinski definition) is 1. The highest BCUT2D eigenvalue weighted by atomic mass is 35.5. The summed E-state index contributed by atoms with van der Waals surface area (Å²) < 4.78 is 0. The fourth-order valence-electron chi connectivity index (χ4n) is 0.582. The molecule has 1 aromatic rings. The number of phenols is 1. The summed E-state index contributed by atoms with van der Waals surface area (Å²) in [7, 11) is 0. The van der Waals surface area contributed by atoms with Crippen molar-refractivity contribution in [2.75, 3.05) is 0 Å². The van der Waals surface area contributed by atoms with Crippen molar-refractivity contribution in [2.45, 2.75) is 0 Å². The SMILES string of the molecule is [CH2]c1c(O)ccc(Cl)c1Cl. The lowest BCUT2D eigenvalue weighted by atomic mass is 10.2. The number of halogens is 2. The van der Waals surface area contributed by atoms with E-state index in [-0.39, 0.29) is 5.75 Å². The lowest BCUT2D eigenvalue weighted by Gasteiger charge is -2.01. The van der Waals surface area contributed by atoms with Gasteiger partial charge in [-0.2, -0.15) is 0 Å². The van der Waals surface area contributed by atoms with Crippen LogP contribution in [0.3, 0.4) is 0 Å². The second-order valence-corrected chi connectivity index (χ2v) is 2.64. The van der Waals surface area contributed by atoms with Gasteiger partial charge in [-0.15, -0.1) is 0 Å². The molecule has 0 aliphatic rings. The van der Waals surface area contributed by atoms with Gasteiger partial charge in [0.05, 0.1) is 10.0 Å². The molecule has 0 saturated heterocycles. The van der Waals surface area contributed by atoms with Crippen LogP contribution in [0.1, 0.15) is 5.56 Å². The quantitative estimate of drug-likeness (QED) is 0.644. The topological polar surface area (TPSA) is 20.2 Å². The van der Waals surface area contributed by atoms with Crippen LogP contribution >= 0.6 is 23.2 Å². The summed E-state index contributed by atoms with van der Waals surface area (Å²) in [6.07, 6.45) is 0. The Morgan fingerprint density at radius 1 is 1.30 bits per heavy atom. The molecule has 0 atom stereocenters. The zero-order valence-electron chi connectivity index (χ0n) is 5.06. The molecule has 3 heteroatoms. The van der Waals surface area contributed by atoms with E-state index < -0.39 is 0 Å². The Balaban J connectivity index is 3.34. The minimum absolute atomic E-state index is 0.0643. The summed E-state index contributed by atoms with van der Waals surface area (Å²) in [6.45, 7) is 3.51. The van der Waals surface area contributed by atoms with Crippen molar-refractivity contribution in [3.05, 3.63) is 34.7 Å². The van der Waals surface area contributed by atoms with Crippen LogP contribution in [0.15, 0.2) is 12.1 Å². The van der Waals surface area contributed by atoms with Gasteiger partial charge in [-0.1, -0.05) is 23.2 Å². The van der Waals surface area contributed by atoms with Crippen LogP contribution < -0.4 is 0 Å². The van der Waals surface area contributed by atoms with Crippen LogP contribution in [0.2, 0.25) is 10.0 Å². The first-order chi connectivity index (χ1) is 4.63. The highest BCUT2D eigenvalue weighted by Crippen LogP contribution is 2.30. The van der Waals surface area contributed by atoms with E-state index in [1.807, 2.05) is 0 Å². The molecular formula is C7H5Cl2O. The summed E-state index contributed by atoms with van der Waals surface area (Å²) in [4.78, 5) is 0. The predicted molar refractivity (Wildman–Crippen MR) is 42.6 cm³/mol. The first-order valence-corrected chi connectivity index (χ1v) is 3.37. The Hall–Kier alpha value is -0.400. The zero-order valence-corrected chi connectivity index (χ0v) is 6.58. The summed E-state index contributed by atoms with van der Waals surface area (Å²) in [5.74, 6) is 0.0643. The molecule has 0 aliphatic carbocycles. The van der Waals surface area contributed by atoms with E-state index in [9.17, 15) is 0 Å². The summed E-state index contributed by atoms with van der Waals surface area (Å²) >= 11 is 11.2. The van der Waals surface area contributed by atoms with Crippen molar-refractivity contribution < 1.29 is 5.11 Å². The Kier molecular flexibility index (Phi) is 2.07. The number of benzene rings is 1. The van der Waals surface area contributed by atoms with Crippen molar-refractivity contribution in [3.8, 4) is 5.75 Å². The van der Waals surface area contributed by atoms with Crippen LogP contribution in [-0.4, -0.2) is 5.11 Å². The van der Waals surface area contributed by atoms with Gasteiger partial charge >= 0.3 is 0 Å². The van der Waals surface area contributed by atoms with Crippen LogP contribution in [0, 0.1) is 6.92 Å². The third-order valence-electron chi connectivity index (χ3n) is 1.17. The fraction of sp³-hybridized carbons (Fsp3) is 0.